The lowest BCUT2D eigenvalue weighted by molar-refractivity contribution is -0.140. The van der Waals surface area contributed by atoms with Crippen molar-refractivity contribution < 1.29 is 9.90 Å². The molecule has 18 heavy (non-hydrogen) atoms. The van der Waals surface area contributed by atoms with Gasteiger partial charge in [0.05, 0.1) is 6.54 Å². The lowest BCUT2D eigenvalue weighted by Gasteiger charge is -2.29. The highest BCUT2D eigenvalue weighted by molar-refractivity contribution is 5.73. The number of aromatic nitrogens is 3. The molecule has 1 aliphatic heterocycles. The summed E-state index contributed by atoms with van der Waals surface area (Å²) in [6.07, 6.45) is 2.65. The van der Waals surface area contributed by atoms with Crippen molar-refractivity contribution in [2.45, 2.75) is 32.5 Å². The minimum absolute atomic E-state index is 0.502. The summed E-state index contributed by atoms with van der Waals surface area (Å²) in [7, 11) is 0. The minimum Gasteiger partial charge on any atom is -0.480 e. The second-order valence-electron chi connectivity index (χ2n) is 4.52. The summed E-state index contributed by atoms with van der Waals surface area (Å²) < 4.78 is 2.01. The predicted octanol–water partition coefficient (Wildman–Crippen LogP) is -0.453. The maximum absolute atomic E-state index is 11.2. The van der Waals surface area contributed by atoms with Gasteiger partial charge in [-0.25, -0.2) is 0 Å². The van der Waals surface area contributed by atoms with Crippen LogP contribution >= 0.6 is 0 Å². The molecule has 2 rings (SSSR count). The molecule has 1 aromatic rings. The number of carboxylic acids is 1. The second-order valence-corrected chi connectivity index (χ2v) is 4.52. The number of nitrogens with zero attached hydrogens (tertiary/aromatic N) is 4. The average Bonchev–Trinajstić information content (AvgIpc) is 2.81. The number of carbonyl (C=O) groups is 1. The van der Waals surface area contributed by atoms with Crippen molar-refractivity contribution in [3.8, 4) is 0 Å². The van der Waals surface area contributed by atoms with Crippen LogP contribution in [0.25, 0.3) is 0 Å². The zero-order chi connectivity index (χ0) is 13.0. The van der Waals surface area contributed by atoms with E-state index in [2.05, 4.69) is 20.4 Å². The maximum Gasteiger partial charge on any atom is 0.322 e. The van der Waals surface area contributed by atoms with E-state index in [1.165, 1.54) is 0 Å². The number of hydrogen-bond donors (Lipinski definition) is 2. The number of rotatable bonds is 6. The van der Waals surface area contributed by atoms with E-state index in [4.69, 9.17) is 5.11 Å². The first kappa shape index (κ1) is 13.0. The second kappa shape index (κ2) is 5.92. The Hall–Kier alpha value is -1.47. The zero-order valence-corrected chi connectivity index (χ0v) is 10.5. The first-order valence-corrected chi connectivity index (χ1v) is 6.26. The van der Waals surface area contributed by atoms with Crippen molar-refractivity contribution in [2.75, 3.05) is 19.6 Å². The number of carboxylic acid groups (broad SMARTS) is 1. The van der Waals surface area contributed by atoms with Crippen molar-refractivity contribution >= 4 is 5.97 Å². The quantitative estimate of drug-likeness (QED) is 0.714. The number of aliphatic carboxylic acids is 1. The summed E-state index contributed by atoms with van der Waals surface area (Å²) in [4.78, 5) is 13.3. The lowest BCUT2D eigenvalue weighted by Crippen LogP contribution is -2.48. The van der Waals surface area contributed by atoms with E-state index in [1.807, 2.05) is 11.5 Å². The van der Waals surface area contributed by atoms with Crippen LogP contribution < -0.4 is 5.32 Å². The average molecular weight is 253 g/mol. The Bertz CT molecular complexity index is 406. The molecule has 0 aromatic carbocycles. The van der Waals surface area contributed by atoms with Crippen LogP contribution in [0.1, 0.15) is 19.2 Å². The van der Waals surface area contributed by atoms with Crippen LogP contribution in [0.15, 0.2) is 6.33 Å². The Morgan fingerprint density at radius 1 is 1.61 bits per heavy atom. The van der Waals surface area contributed by atoms with Gasteiger partial charge in [0.15, 0.2) is 0 Å². The fraction of sp³-hybridized carbons (Fsp3) is 0.727. The van der Waals surface area contributed by atoms with E-state index in [-0.39, 0.29) is 0 Å². The van der Waals surface area contributed by atoms with Gasteiger partial charge in [0, 0.05) is 19.6 Å². The Morgan fingerprint density at radius 3 is 3.17 bits per heavy atom. The summed E-state index contributed by atoms with van der Waals surface area (Å²) in [5.41, 5.74) is 0. The van der Waals surface area contributed by atoms with E-state index >= 15 is 0 Å². The number of fused-ring (bicyclic) bond motifs is 1. The molecule has 2 N–H and O–H groups in total. The molecule has 0 saturated heterocycles. The fourth-order valence-electron chi connectivity index (χ4n) is 2.08. The summed E-state index contributed by atoms with van der Waals surface area (Å²) in [6.45, 7) is 5.57. The highest BCUT2D eigenvalue weighted by atomic mass is 16.4. The Labute approximate surface area is 106 Å². The van der Waals surface area contributed by atoms with Crippen molar-refractivity contribution in [1.29, 1.82) is 0 Å². The van der Waals surface area contributed by atoms with Gasteiger partial charge in [-0.05, 0) is 13.0 Å². The third-order valence-corrected chi connectivity index (χ3v) is 3.10. The van der Waals surface area contributed by atoms with Crippen molar-refractivity contribution in [1.82, 2.24) is 25.0 Å². The van der Waals surface area contributed by atoms with E-state index in [9.17, 15) is 4.79 Å². The molecule has 0 spiro atoms. The van der Waals surface area contributed by atoms with E-state index in [0.717, 1.165) is 31.9 Å². The van der Waals surface area contributed by atoms with Gasteiger partial charge in [-0.2, -0.15) is 0 Å². The summed E-state index contributed by atoms with van der Waals surface area (Å²) in [5, 5.41) is 20.1. The predicted molar refractivity (Wildman–Crippen MR) is 65.0 cm³/mol. The molecule has 7 nitrogen and oxygen atoms in total. The monoisotopic (exact) mass is 253 g/mol. The van der Waals surface area contributed by atoms with Crippen LogP contribution in [0.3, 0.4) is 0 Å². The van der Waals surface area contributed by atoms with Crippen LogP contribution in [0.2, 0.25) is 0 Å². The molecule has 1 aromatic heterocycles. The van der Waals surface area contributed by atoms with Crippen LogP contribution in [0.4, 0.5) is 0 Å². The first-order chi connectivity index (χ1) is 8.70. The van der Waals surface area contributed by atoms with Crippen LogP contribution in [0, 0.1) is 0 Å². The van der Waals surface area contributed by atoms with Gasteiger partial charge in [0.2, 0.25) is 0 Å². The topological polar surface area (TPSA) is 83.3 Å². The highest BCUT2D eigenvalue weighted by Gasteiger charge is 2.24. The Morgan fingerprint density at radius 2 is 2.44 bits per heavy atom. The normalized spacial score (nSPS) is 17.4. The van der Waals surface area contributed by atoms with Gasteiger partial charge in [0.25, 0.3) is 0 Å². The molecule has 0 aliphatic carbocycles. The van der Waals surface area contributed by atoms with E-state index in [0.29, 0.717) is 13.1 Å². The van der Waals surface area contributed by atoms with Crippen LogP contribution in [-0.2, 0) is 17.9 Å². The molecule has 0 fully saturated rings. The van der Waals surface area contributed by atoms with E-state index < -0.39 is 12.0 Å². The molecule has 100 valence electrons. The van der Waals surface area contributed by atoms with Crippen molar-refractivity contribution in [3.63, 3.8) is 0 Å². The fourth-order valence-corrected chi connectivity index (χ4v) is 2.08. The molecule has 7 heteroatoms. The van der Waals surface area contributed by atoms with Gasteiger partial charge in [-0.1, -0.05) is 6.92 Å². The highest BCUT2D eigenvalue weighted by Crippen LogP contribution is 2.09. The third-order valence-electron chi connectivity index (χ3n) is 3.10. The minimum atomic E-state index is -0.796. The van der Waals surface area contributed by atoms with Crippen molar-refractivity contribution in [3.05, 3.63) is 12.2 Å². The van der Waals surface area contributed by atoms with Gasteiger partial charge >= 0.3 is 5.97 Å². The number of hydrogen-bond acceptors (Lipinski definition) is 5. The zero-order valence-electron chi connectivity index (χ0n) is 10.5. The largest absolute Gasteiger partial charge is 0.480 e. The molecule has 1 aliphatic rings. The standard InChI is InChI=1S/C11H19N5O2/c1-2-3-12-9(11(17)18)6-15-4-5-16-8-13-14-10(16)7-15/h8-9,12H,2-7H2,1H3,(H,17,18). The lowest BCUT2D eigenvalue weighted by atomic mass is 10.2. The molecule has 0 saturated carbocycles. The summed E-state index contributed by atoms with van der Waals surface area (Å²) in [6, 6.07) is -0.514. The molecule has 0 amide bonds. The number of nitrogens with one attached hydrogen (secondary N) is 1. The molecule has 1 unspecified atom stereocenters. The SMILES string of the molecule is CCCNC(CN1CCn2cnnc2C1)C(=O)O. The van der Waals surface area contributed by atoms with Gasteiger partial charge in [-0.15, -0.1) is 10.2 Å². The summed E-state index contributed by atoms with van der Waals surface area (Å²) in [5.74, 6) is 0.108. The molecular weight excluding hydrogens is 234 g/mol. The molecule has 2 heterocycles. The van der Waals surface area contributed by atoms with Crippen molar-refractivity contribution in [2.24, 2.45) is 0 Å². The smallest absolute Gasteiger partial charge is 0.322 e. The van der Waals surface area contributed by atoms with Gasteiger partial charge in [0.1, 0.15) is 18.2 Å². The van der Waals surface area contributed by atoms with Gasteiger partial charge < -0.3 is 15.0 Å². The summed E-state index contributed by atoms with van der Waals surface area (Å²) >= 11 is 0. The third kappa shape index (κ3) is 3.05. The Kier molecular flexibility index (Phi) is 4.27. The Balaban J connectivity index is 1.90. The maximum atomic E-state index is 11.2. The molecule has 1 atom stereocenters. The van der Waals surface area contributed by atoms with Gasteiger partial charge in [-0.3, -0.25) is 9.69 Å². The first-order valence-electron chi connectivity index (χ1n) is 6.26. The van der Waals surface area contributed by atoms with E-state index in [1.54, 1.807) is 6.33 Å². The molecule has 0 bridgehead atoms. The molecule has 0 radical (unpaired) electrons. The molecular formula is C11H19N5O2. The van der Waals surface area contributed by atoms with Crippen LogP contribution in [0.5, 0.6) is 0 Å². The van der Waals surface area contributed by atoms with Crippen LogP contribution in [-0.4, -0.2) is 56.4 Å².